The molecule has 1 saturated carbocycles. The van der Waals surface area contributed by atoms with E-state index >= 15 is 0 Å². The number of benzene rings is 1. The number of halogens is 1. The van der Waals surface area contributed by atoms with Crippen molar-refractivity contribution in [2.75, 3.05) is 19.6 Å². The summed E-state index contributed by atoms with van der Waals surface area (Å²) in [5.41, 5.74) is 2.56. The zero-order valence-corrected chi connectivity index (χ0v) is 18.5. The summed E-state index contributed by atoms with van der Waals surface area (Å²) in [5, 5.41) is 0. The molecule has 1 atom stereocenters. The Morgan fingerprint density at radius 1 is 1.09 bits per heavy atom. The minimum absolute atomic E-state index is 0.00983. The number of nitrogens with zero attached hydrogens (tertiary/aromatic N) is 3. The van der Waals surface area contributed by atoms with E-state index in [4.69, 9.17) is 4.98 Å². The van der Waals surface area contributed by atoms with E-state index in [0.29, 0.717) is 19.1 Å². The number of fused-ring (bicyclic) bond motifs is 1. The van der Waals surface area contributed by atoms with Gasteiger partial charge in [0.25, 0.3) is 5.56 Å². The number of likely N-dealkylation sites (tertiary alicyclic amines) is 1. The normalized spacial score (nSPS) is 22.2. The van der Waals surface area contributed by atoms with Gasteiger partial charge in [0.05, 0.1) is 12.1 Å². The highest BCUT2D eigenvalue weighted by Gasteiger charge is 2.32. The molecule has 0 radical (unpaired) electrons. The maximum atomic E-state index is 13.1. The van der Waals surface area contributed by atoms with Crippen LogP contribution in [-0.2, 0) is 24.2 Å². The number of H-pyrrole nitrogens is 1. The second-order valence-electron chi connectivity index (χ2n) is 9.52. The maximum Gasteiger partial charge on any atom is 0.254 e. The van der Waals surface area contributed by atoms with Crippen LogP contribution in [0.25, 0.3) is 0 Å². The average molecular weight is 439 g/mol. The van der Waals surface area contributed by atoms with Crippen LogP contribution < -0.4 is 5.56 Å². The fraction of sp³-hybridized carbons (Fsp3) is 0.560. The summed E-state index contributed by atoms with van der Waals surface area (Å²) >= 11 is 0. The number of nitrogens with one attached hydrogen (secondary N) is 1. The summed E-state index contributed by atoms with van der Waals surface area (Å²) in [4.78, 5) is 37.8. The standard InChI is InChI=1S/C25H31FN4O2/c26-19-8-6-17(7-9-19)14-23(31)30-12-10-18(15-30)24-27-22-16-29(20-4-2-1-3-5-20)13-11-21(22)25(32)28-24/h6-9,18,20H,1-5,10-16H2,(H,27,28,32)/t18-/m0/s1. The van der Waals surface area contributed by atoms with Gasteiger partial charge in [0.1, 0.15) is 11.6 Å². The first kappa shape index (κ1) is 21.3. The first-order chi connectivity index (χ1) is 15.6. The highest BCUT2D eigenvalue weighted by Crippen LogP contribution is 2.29. The predicted molar refractivity (Wildman–Crippen MR) is 120 cm³/mol. The molecule has 170 valence electrons. The third-order valence-corrected chi connectivity index (χ3v) is 7.41. The lowest BCUT2D eigenvalue weighted by Gasteiger charge is -2.37. The summed E-state index contributed by atoms with van der Waals surface area (Å²) in [6, 6.07) is 6.69. The molecule has 3 heterocycles. The predicted octanol–water partition coefficient (Wildman–Crippen LogP) is 3.16. The number of hydrogen-bond acceptors (Lipinski definition) is 4. The van der Waals surface area contributed by atoms with Gasteiger partial charge >= 0.3 is 0 Å². The number of amides is 1. The molecule has 6 nitrogen and oxygen atoms in total. The third-order valence-electron chi connectivity index (χ3n) is 7.41. The number of aromatic amines is 1. The van der Waals surface area contributed by atoms with E-state index in [1.54, 1.807) is 12.1 Å². The summed E-state index contributed by atoms with van der Waals surface area (Å²) in [6.45, 7) is 2.92. The van der Waals surface area contributed by atoms with Crippen LogP contribution >= 0.6 is 0 Å². The Morgan fingerprint density at radius 3 is 2.66 bits per heavy atom. The molecule has 2 fully saturated rings. The van der Waals surface area contributed by atoms with E-state index in [0.717, 1.165) is 48.6 Å². The minimum atomic E-state index is -0.299. The fourth-order valence-electron chi connectivity index (χ4n) is 5.53. The lowest BCUT2D eigenvalue weighted by atomic mass is 9.92. The van der Waals surface area contributed by atoms with Crippen molar-refractivity contribution in [3.8, 4) is 0 Å². The lowest BCUT2D eigenvalue weighted by Crippen LogP contribution is -2.42. The van der Waals surface area contributed by atoms with Crippen molar-refractivity contribution in [3.63, 3.8) is 0 Å². The molecule has 5 rings (SSSR count). The maximum absolute atomic E-state index is 13.1. The molecule has 3 aliphatic rings. The van der Waals surface area contributed by atoms with E-state index < -0.39 is 0 Å². The van der Waals surface area contributed by atoms with Gasteiger partial charge in [-0.1, -0.05) is 31.4 Å². The first-order valence-corrected chi connectivity index (χ1v) is 11.9. The van der Waals surface area contributed by atoms with Crippen molar-refractivity contribution in [2.24, 2.45) is 0 Å². The van der Waals surface area contributed by atoms with Crippen molar-refractivity contribution < 1.29 is 9.18 Å². The number of rotatable bonds is 4. The topological polar surface area (TPSA) is 69.3 Å². The number of hydrogen-bond donors (Lipinski definition) is 1. The SMILES string of the molecule is O=C(Cc1ccc(F)cc1)N1CC[C@H](c2nc3c(c(=O)[nH]2)CCN(C2CCCCC2)C3)C1. The molecule has 0 bridgehead atoms. The minimum Gasteiger partial charge on any atom is -0.342 e. The van der Waals surface area contributed by atoms with Crippen LogP contribution in [0, 0.1) is 5.82 Å². The number of aromatic nitrogens is 2. The monoisotopic (exact) mass is 438 g/mol. The van der Waals surface area contributed by atoms with Gasteiger partial charge < -0.3 is 9.88 Å². The van der Waals surface area contributed by atoms with Crippen molar-refractivity contribution in [1.29, 1.82) is 0 Å². The zero-order chi connectivity index (χ0) is 22.1. The molecule has 2 aliphatic heterocycles. The first-order valence-electron chi connectivity index (χ1n) is 11.9. The van der Waals surface area contributed by atoms with Gasteiger partial charge in [-0.05, 0) is 43.4 Å². The Kier molecular flexibility index (Phi) is 6.09. The largest absolute Gasteiger partial charge is 0.342 e. The molecule has 1 amide bonds. The second-order valence-corrected chi connectivity index (χ2v) is 9.52. The van der Waals surface area contributed by atoms with Gasteiger partial charge in [-0.2, -0.15) is 0 Å². The van der Waals surface area contributed by atoms with Crippen molar-refractivity contribution in [2.45, 2.75) is 69.9 Å². The van der Waals surface area contributed by atoms with E-state index in [1.807, 2.05) is 4.90 Å². The molecule has 1 aromatic carbocycles. The van der Waals surface area contributed by atoms with Crippen LogP contribution in [0.3, 0.4) is 0 Å². The fourth-order valence-corrected chi connectivity index (χ4v) is 5.53. The summed E-state index contributed by atoms with van der Waals surface area (Å²) in [6.07, 6.45) is 8.25. The molecule has 1 aliphatic carbocycles. The second kappa shape index (κ2) is 9.14. The van der Waals surface area contributed by atoms with Gasteiger partial charge in [-0.15, -0.1) is 0 Å². The molecule has 1 aromatic heterocycles. The summed E-state index contributed by atoms with van der Waals surface area (Å²) < 4.78 is 13.1. The Morgan fingerprint density at radius 2 is 1.88 bits per heavy atom. The summed E-state index contributed by atoms with van der Waals surface area (Å²) in [5.74, 6) is 0.501. The highest BCUT2D eigenvalue weighted by atomic mass is 19.1. The van der Waals surface area contributed by atoms with Gasteiger partial charge in [0.2, 0.25) is 5.91 Å². The zero-order valence-electron chi connectivity index (χ0n) is 18.5. The van der Waals surface area contributed by atoms with E-state index in [9.17, 15) is 14.0 Å². The van der Waals surface area contributed by atoms with Crippen LogP contribution in [0.1, 0.15) is 67.1 Å². The molecule has 2 aromatic rings. The van der Waals surface area contributed by atoms with Gasteiger partial charge in [0, 0.05) is 43.7 Å². The van der Waals surface area contributed by atoms with E-state index in [2.05, 4.69) is 9.88 Å². The molecule has 32 heavy (non-hydrogen) atoms. The van der Waals surface area contributed by atoms with Gasteiger partial charge in [0.15, 0.2) is 0 Å². The molecule has 0 spiro atoms. The molecular formula is C25H31FN4O2. The van der Waals surface area contributed by atoms with E-state index in [1.165, 1.54) is 44.2 Å². The quantitative estimate of drug-likeness (QED) is 0.796. The smallest absolute Gasteiger partial charge is 0.254 e. The van der Waals surface area contributed by atoms with Crippen LogP contribution in [-0.4, -0.2) is 51.4 Å². The molecule has 7 heteroatoms. The van der Waals surface area contributed by atoms with Crippen LogP contribution in [0.15, 0.2) is 29.1 Å². The number of carbonyl (C=O) groups is 1. The Balaban J connectivity index is 1.26. The van der Waals surface area contributed by atoms with Gasteiger partial charge in [-0.25, -0.2) is 9.37 Å². The van der Waals surface area contributed by atoms with E-state index in [-0.39, 0.29) is 29.6 Å². The van der Waals surface area contributed by atoms with Crippen LogP contribution in [0.2, 0.25) is 0 Å². The third kappa shape index (κ3) is 4.49. The van der Waals surface area contributed by atoms with Crippen molar-refractivity contribution in [1.82, 2.24) is 19.8 Å². The highest BCUT2D eigenvalue weighted by molar-refractivity contribution is 5.79. The Labute approximate surface area is 187 Å². The molecule has 1 N–H and O–H groups in total. The average Bonchev–Trinajstić information content (AvgIpc) is 3.31. The van der Waals surface area contributed by atoms with Crippen LogP contribution in [0.4, 0.5) is 4.39 Å². The molecule has 1 saturated heterocycles. The van der Waals surface area contributed by atoms with Crippen molar-refractivity contribution >= 4 is 5.91 Å². The molecular weight excluding hydrogens is 407 g/mol. The van der Waals surface area contributed by atoms with Gasteiger partial charge in [-0.3, -0.25) is 14.5 Å². The lowest BCUT2D eigenvalue weighted by molar-refractivity contribution is -0.129. The van der Waals surface area contributed by atoms with Crippen molar-refractivity contribution in [3.05, 3.63) is 63.1 Å². The van der Waals surface area contributed by atoms with Crippen LogP contribution in [0.5, 0.6) is 0 Å². The molecule has 0 unspecified atom stereocenters. The Bertz CT molecular complexity index is 1030. The Hall–Kier alpha value is -2.54. The summed E-state index contributed by atoms with van der Waals surface area (Å²) in [7, 11) is 0. The number of carbonyl (C=O) groups excluding carboxylic acids is 1.